The van der Waals surface area contributed by atoms with Crippen molar-refractivity contribution in [1.82, 2.24) is 15.5 Å². The molecule has 6 nitrogen and oxygen atoms in total. The molecule has 0 aliphatic carbocycles. The predicted molar refractivity (Wildman–Crippen MR) is 91.2 cm³/mol. The van der Waals surface area contributed by atoms with Crippen molar-refractivity contribution in [3.63, 3.8) is 0 Å². The van der Waals surface area contributed by atoms with Crippen LogP contribution in [0.1, 0.15) is 20.3 Å². The maximum Gasteiger partial charge on any atom is 0.221 e. The van der Waals surface area contributed by atoms with Crippen molar-refractivity contribution in [3.8, 4) is 0 Å². The molecule has 2 aliphatic rings. The van der Waals surface area contributed by atoms with Crippen molar-refractivity contribution >= 4 is 30.7 Å². The van der Waals surface area contributed by atoms with Crippen molar-refractivity contribution in [1.29, 1.82) is 0 Å². The minimum absolute atomic E-state index is 0. The smallest absolute Gasteiger partial charge is 0.221 e. The molecular formula is C14H29Cl2N3O3. The Balaban J connectivity index is 0.00000220. The van der Waals surface area contributed by atoms with Gasteiger partial charge in [-0.05, 0) is 13.8 Å². The summed E-state index contributed by atoms with van der Waals surface area (Å²) in [4.78, 5) is 14.4. The summed E-state index contributed by atoms with van der Waals surface area (Å²) in [5, 5.41) is 6.41. The lowest BCUT2D eigenvalue weighted by molar-refractivity contribution is -0.123. The maximum atomic E-state index is 12.1. The highest BCUT2D eigenvalue weighted by atomic mass is 35.5. The fourth-order valence-electron chi connectivity index (χ4n) is 2.71. The quantitative estimate of drug-likeness (QED) is 0.747. The van der Waals surface area contributed by atoms with Crippen LogP contribution in [0.2, 0.25) is 0 Å². The Labute approximate surface area is 145 Å². The summed E-state index contributed by atoms with van der Waals surface area (Å²) >= 11 is 0. The SMILES string of the molecule is CC(NC(=O)CC1COCCN1)C(C)N1CCOCC1.Cl.Cl. The number of halogens is 2. The summed E-state index contributed by atoms with van der Waals surface area (Å²) in [6.07, 6.45) is 0.486. The van der Waals surface area contributed by atoms with E-state index in [1.807, 2.05) is 0 Å². The topological polar surface area (TPSA) is 62.8 Å². The molecule has 2 aliphatic heterocycles. The van der Waals surface area contributed by atoms with Gasteiger partial charge in [-0.2, -0.15) is 0 Å². The van der Waals surface area contributed by atoms with E-state index in [1.54, 1.807) is 0 Å². The van der Waals surface area contributed by atoms with E-state index in [-0.39, 0.29) is 42.8 Å². The summed E-state index contributed by atoms with van der Waals surface area (Å²) < 4.78 is 10.7. The van der Waals surface area contributed by atoms with Crippen molar-refractivity contribution in [3.05, 3.63) is 0 Å². The van der Waals surface area contributed by atoms with Gasteiger partial charge in [0, 0.05) is 44.2 Å². The van der Waals surface area contributed by atoms with Crippen LogP contribution in [-0.2, 0) is 14.3 Å². The summed E-state index contributed by atoms with van der Waals surface area (Å²) in [6, 6.07) is 0.623. The fraction of sp³-hybridized carbons (Fsp3) is 0.929. The summed E-state index contributed by atoms with van der Waals surface area (Å²) in [6.45, 7) is 9.89. The Bertz CT molecular complexity index is 312. The van der Waals surface area contributed by atoms with Crippen LogP contribution in [0.4, 0.5) is 0 Å². The van der Waals surface area contributed by atoms with Crippen LogP contribution in [0, 0.1) is 0 Å². The van der Waals surface area contributed by atoms with Gasteiger partial charge < -0.3 is 20.1 Å². The monoisotopic (exact) mass is 357 g/mol. The molecule has 0 aromatic heterocycles. The molecule has 2 fully saturated rings. The van der Waals surface area contributed by atoms with Gasteiger partial charge in [0.15, 0.2) is 0 Å². The van der Waals surface area contributed by atoms with E-state index in [1.165, 1.54) is 0 Å². The number of amides is 1. The van der Waals surface area contributed by atoms with Crippen molar-refractivity contribution in [2.45, 2.75) is 38.4 Å². The number of morpholine rings is 2. The molecule has 2 saturated heterocycles. The second-order valence-electron chi connectivity index (χ2n) is 5.68. The number of hydrogen-bond acceptors (Lipinski definition) is 5. The van der Waals surface area contributed by atoms with E-state index in [2.05, 4.69) is 29.4 Å². The van der Waals surface area contributed by atoms with Crippen LogP contribution in [-0.4, -0.2) is 75.0 Å². The lowest BCUT2D eigenvalue weighted by atomic mass is 10.1. The van der Waals surface area contributed by atoms with E-state index in [9.17, 15) is 4.79 Å². The van der Waals surface area contributed by atoms with Crippen molar-refractivity contribution < 1.29 is 14.3 Å². The highest BCUT2D eigenvalue weighted by Gasteiger charge is 2.24. The highest BCUT2D eigenvalue weighted by molar-refractivity contribution is 5.85. The molecule has 1 amide bonds. The van der Waals surface area contributed by atoms with Gasteiger partial charge in [-0.1, -0.05) is 0 Å². The summed E-state index contributed by atoms with van der Waals surface area (Å²) in [5.41, 5.74) is 0. The molecule has 2 heterocycles. The first-order valence-corrected chi connectivity index (χ1v) is 7.59. The van der Waals surface area contributed by atoms with E-state index in [0.717, 1.165) is 39.5 Å². The molecule has 2 N–H and O–H groups in total. The molecule has 132 valence electrons. The van der Waals surface area contributed by atoms with E-state index in [0.29, 0.717) is 19.1 Å². The number of ether oxygens (including phenoxy) is 2. The maximum absolute atomic E-state index is 12.1. The Hall–Kier alpha value is -0.110. The van der Waals surface area contributed by atoms with Crippen LogP contribution in [0.3, 0.4) is 0 Å². The molecule has 0 spiro atoms. The van der Waals surface area contributed by atoms with Gasteiger partial charge in [0.25, 0.3) is 0 Å². The highest BCUT2D eigenvalue weighted by Crippen LogP contribution is 2.08. The molecule has 8 heteroatoms. The number of carbonyl (C=O) groups is 1. The molecular weight excluding hydrogens is 329 g/mol. The zero-order valence-electron chi connectivity index (χ0n) is 13.4. The standard InChI is InChI=1S/C14H27N3O3.2ClH/c1-11(12(2)17-4-7-19-8-5-17)16-14(18)9-13-10-20-6-3-15-13;;/h11-13,15H,3-10H2,1-2H3,(H,16,18);2*1H. The Morgan fingerprint density at radius 1 is 1.23 bits per heavy atom. The summed E-state index contributed by atoms with van der Waals surface area (Å²) in [5.74, 6) is 0.0978. The summed E-state index contributed by atoms with van der Waals surface area (Å²) in [7, 11) is 0. The third kappa shape index (κ3) is 6.98. The normalized spacial score (nSPS) is 25.3. The third-order valence-electron chi connectivity index (χ3n) is 4.16. The zero-order chi connectivity index (χ0) is 14.4. The number of hydrogen-bond donors (Lipinski definition) is 2. The van der Waals surface area contributed by atoms with Crippen LogP contribution in [0.25, 0.3) is 0 Å². The Kier molecular flexibility index (Phi) is 11.4. The van der Waals surface area contributed by atoms with Crippen LogP contribution in [0.5, 0.6) is 0 Å². The van der Waals surface area contributed by atoms with Gasteiger partial charge in [-0.25, -0.2) is 0 Å². The molecule has 0 aromatic rings. The molecule has 3 unspecified atom stereocenters. The first kappa shape index (κ1) is 21.9. The van der Waals surface area contributed by atoms with Crippen LogP contribution >= 0.6 is 24.8 Å². The van der Waals surface area contributed by atoms with Crippen molar-refractivity contribution in [2.24, 2.45) is 0 Å². The molecule has 0 saturated carbocycles. The van der Waals surface area contributed by atoms with E-state index >= 15 is 0 Å². The van der Waals surface area contributed by atoms with Crippen LogP contribution < -0.4 is 10.6 Å². The van der Waals surface area contributed by atoms with E-state index < -0.39 is 0 Å². The third-order valence-corrected chi connectivity index (χ3v) is 4.16. The minimum atomic E-state index is 0. The Morgan fingerprint density at radius 3 is 2.50 bits per heavy atom. The molecule has 2 rings (SSSR count). The van der Waals surface area contributed by atoms with Gasteiger partial charge in [-0.15, -0.1) is 24.8 Å². The number of carbonyl (C=O) groups excluding carboxylic acids is 1. The molecule has 22 heavy (non-hydrogen) atoms. The number of nitrogens with zero attached hydrogens (tertiary/aromatic N) is 1. The second-order valence-corrected chi connectivity index (χ2v) is 5.68. The van der Waals surface area contributed by atoms with Gasteiger partial charge in [0.2, 0.25) is 5.91 Å². The average Bonchev–Trinajstić information content (AvgIpc) is 2.48. The minimum Gasteiger partial charge on any atom is -0.379 e. The number of rotatable bonds is 5. The molecule has 3 atom stereocenters. The van der Waals surface area contributed by atoms with Crippen LogP contribution in [0.15, 0.2) is 0 Å². The average molecular weight is 358 g/mol. The zero-order valence-corrected chi connectivity index (χ0v) is 15.0. The first-order chi connectivity index (χ1) is 9.66. The van der Waals surface area contributed by atoms with Crippen molar-refractivity contribution in [2.75, 3.05) is 46.1 Å². The number of nitrogens with one attached hydrogen (secondary N) is 2. The van der Waals surface area contributed by atoms with Gasteiger partial charge in [0.1, 0.15) is 0 Å². The van der Waals surface area contributed by atoms with Gasteiger partial charge in [-0.3, -0.25) is 9.69 Å². The largest absolute Gasteiger partial charge is 0.379 e. The van der Waals surface area contributed by atoms with E-state index in [4.69, 9.17) is 9.47 Å². The Morgan fingerprint density at radius 2 is 1.91 bits per heavy atom. The van der Waals surface area contributed by atoms with Gasteiger partial charge >= 0.3 is 0 Å². The lowest BCUT2D eigenvalue weighted by Crippen LogP contribution is -2.53. The van der Waals surface area contributed by atoms with Gasteiger partial charge in [0.05, 0.1) is 26.4 Å². The lowest BCUT2D eigenvalue weighted by Gasteiger charge is -2.36. The predicted octanol–water partition coefficient (Wildman–Crippen LogP) is 0.434. The fourth-order valence-corrected chi connectivity index (χ4v) is 2.71. The first-order valence-electron chi connectivity index (χ1n) is 7.59. The molecule has 0 radical (unpaired) electrons. The second kappa shape index (κ2) is 11.4. The molecule has 0 bridgehead atoms. The molecule has 0 aromatic carbocycles.